The molecule has 0 bridgehead atoms. The number of rotatable bonds is 8. The van der Waals surface area contributed by atoms with Crippen molar-refractivity contribution < 1.29 is 19.1 Å². The van der Waals surface area contributed by atoms with E-state index in [-0.39, 0.29) is 29.2 Å². The van der Waals surface area contributed by atoms with Crippen LogP contribution in [0.2, 0.25) is 5.02 Å². The van der Waals surface area contributed by atoms with E-state index in [0.29, 0.717) is 12.8 Å². The van der Waals surface area contributed by atoms with E-state index in [1.807, 2.05) is 0 Å². The minimum Gasteiger partial charge on any atom is -0.481 e. The van der Waals surface area contributed by atoms with Crippen molar-refractivity contribution in [3.8, 4) is 0 Å². The first-order valence-corrected chi connectivity index (χ1v) is 6.58. The number of ketones is 1. The van der Waals surface area contributed by atoms with E-state index in [0.717, 1.165) is 18.9 Å². The third-order valence-electron chi connectivity index (χ3n) is 2.78. The van der Waals surface area contributed by atoms with Crippen LogP contribution in [0.25, 0.3) is 0 Å². The molecular weight excluding hydrogens is 271 g/mol. The van der Waals surface area contributed by atoms with Crippen molar-refractivity contribution in [3.05, 3.63) is 34.6 Å². The fourth-order valence-corrected chi connectivity index (χ4v) is 1.92. The molecule has 3 nitrogen and oxygen atoms in total. The Balaban J connectivity index is 2.29. The van der Waals surface area contributed by atoms with Crippen LogP contribution in [0.4, 0.5) is 4.39 Å². The summed E-state index contributed by atoms with van der Waals surface area (Å²) in [7, 11) is 0. The monoisotopic (exact) mass is 286 g/mol. The molecule has 1 rings (SSSR count). The smallest absolute Gasteiger partial charge is 0.303 e. The highest BCUT2D eigenvalue weighted by atomic mass is 35.5. The first-order valence-electron chi connectivity index (χ1n) is 6.20. The maximum Gasteiger partial charge on any atom is 0.303 e. The first kappa shape index (κ1) is 15.6. The number of aliphatic carboxylic acids is 1. The van der Waals surface area contributed by atoms with E-state index in [1.165, 1.54) is 12.1 Å². The molecule has 0 heterocycles. The van der Waals surface area contributed by atoms with Crippen LogP contribution in [-0.2, 0) is 4.79 Å². The predicted molar refractivity (Wildman–Crippen MR) is 71.1 cm³/mol. The van der Waals surface area contributed by atoms with Gasteiger partial charge in [-0.3, -0.25) is 9.59 Å². The van der Waals surface area contributed by atoms with Gasteiger partial charge in [-0.05, 0) is 31.0 Å². The van der Waals surface area contributed by atoms with Gasteiger partial charge >= 0.3 is 5.97 Å². The maximum absolute atomic E-state index is 13.4. The van der Waals surface area contributed by atoms with Crippen LogP contribution in [0.5, 0.6) is 0 Å². The fraction of sp³-hybridized carbons (Fsp3) is 0.429. The Labute approximate surface area is 116 Å². The van der Waals surface area contributed by atoms with Gasteiger partial charge in [0.05, 0.1) is 5.56 Å². The summed E-state index contributed by atoms with van der Waals surface area (Å²) in [6.07, 6.45) is 3.21. The second-order valence-corrected chi connectivity index (χ2v) is 4.79. The van der Waals surface area contributed by atoms with Crippen molar-refractivity contribution in [1.82, 2.24) is 0 Å². The molecule has 0 fully saturated rings. The third kappa shape index (κ3) is 5.83. The summed E-state index contributed by atoms with van der Waals surface area (Å²) in [4.78, 5) is 22.0. The van der Waals surface area contributed by atoms with Crippen LogP contribution < -0.4 is 0 Å². The van der Waals surface area contributed by atoms with E-state index >= 15 is 0 Å². The van der Waals surface area contributed by atoms with E-state index in [9.17, 15) is 14.0 Å². The summed E-state index contributed by atoms with van der Waals surface area (Å²) in [5.74, 6) is -1.64. The molecule has 0 radical (unpaired) electrons. The number of carbonyl (C=O) groups is 2. The van der Waals surface area contributed by atoms with Crippen LogP contribution in [0.3, 0.4) is 0 Å². The van der Waals surface area contributed by atoms with Crippen molar-refractivity contribution in [2.24, 2.45) is 0 Å². The lowest BCUT2D eigenvalue weighted by Crippen LogP contribution is -2.02. The number of halogens is 2. The summed E-state index contributed by atoms with van der Waals surface area (Å²) in [6.45, 7) is 0. The molecule has 0 aliphatic rings. The molecule has 104 valence electrons. The van der Waals surface area contributed by atoms with Crippen LogP contribution >= 0.6 is 11.6 Å². The van der Waals surface area contributed by atoms with Gasteiger partial charge in [0.25, 0.3) is 0 Å². The second kappa shape index (κ2) is 7.89. The normalized spacial score (nSPS) is 10.4. The fourth-order valence-electron chi connectivity index (χ4n) is 1.77. The average Bonchev–Trinajstić information content (AvgIpc) is 2.32. The van der Waals surface area contributed by atoms with Gasteiger partial charge in [-0.25, -0.2) is 4.39 Å². The first-order chi connectivity index (χ1) is 9.00. The van der Waals surface area contributed by atoms with Gasteiger partial charge in [0.1, 0.15) is 5.82 Å². The molecule has 0 aromatic heterocycles. The van der Waals surface area contributed by atoms with E-state index in [2.05, 4.69) is 0 Å². The van der Waals surface area contributed by atoms with Gasteiger partial charge in [0.2, 0.25) is 0 Å². The van der Waals surface area contributed by atoms with E-state index in [4.69, 9.17) is 16.7 Å². The van der Waals surface area contributed by atoms with E-state index < -0.39 is 11.8 Å². The Morgan fingerprint density at radius 1 is 1.11 bits per heavy atom. The zero-order chi connectivity index (χ0) is 14.3. The Morgan fingerprint density at radius 3 is 2.32 bits per heavy atom. The zero-order valence-corrected chi connectivity index (χ0v) is 11.3. The van der Waals surface area contributed by atoms with Gasteiger partial charge in [0.15, 0.2) is 5.78 Å². The maximum atomic E-state index is 13.4. The number of hydrogen-bond acceptors (Lipinski definition) is 2. The zero-order valence-electron chi connectivity index (χ0n) is 10.5. The molecule has 0 aliphatic heterocycles. The molecule has 0 unspecified atom stereocenters. The molecule has 0 amide bonds. The molecular formula is C14H16ClFO3. The summed E-state index contributed by atoms with van der Waals surface area (Å²) in [5, 5.41) is 8.72. The van der Waals surface area contributed by atoms with Gasteiger partial charge in [-0.1, -0.05) is 24.4 Å². The molecule has 1 aromatic rings. The van der Waals surface area contributed by atoms with Crippen LogP contribution in [0.15, 0.2) is 18.2 Å². The lowest BCUT2D eigenvalue weighted by atomic mass is 10.0. The van der Waals surface area contributed by atoms with Crippen LogP contribution in [0.1, 0.15) is 48.9 Å². The Bertz CT molecular complexity index is 460. The second-order valence-electron chi connectivity index (χ2n) is 4.36. The summed E-state index contributed by atoms with van der Waals surface area (Å²) < 4.78 is 13.4. The summed E-state index contributed by atoms with van der Waals surface area (Å²) in [5.41, 5.74) is 0.0648. The average molecular weight is 287 g/mol. The largest absolute Gasteiger partial charge is 0.481 e. The summed E-state index contributed by atoms with van der Waals surface area (Å²) >= 11 is 5.61. The minimum absolute atomic E-state index is 0.0648. The highest BCUT2D eigenvalue weighted by Crippen LogP contribution is 2.17. The number of benzene rings is 1. The van der Waals surface area contributed by atoms with Crippen molar-refractivity contribution in [3.63, 3.8) is 0 Å². The van der Waals surface area contributed by atoms with Crippen molar-refractivity contribution in [1.29, 1.82) is 0 Å². The Hall–Kier alpha value is -1.42. The van der Waals surface area contributed by atoms with Crippen molar-refractivity contribution in [2.75, 3.05) is 0 Å². The highest BCUT2D eigenvalue weighted by Gasteiger charge is 2.11. The quantitative estimate of drug-likeness (QED) is 0.578. The molecule has 0 saturated heterocycles. The summed E-state index contributed by atoms with van der Waals surface area (Å²) in [6, 6.07) is 4.01. The topological polar surface area (TPSA) is 54.4 Å². The number of hydrogen-bond donors (Lipinski definition) is 1. The minimum atomic E-state index is -0.806. The number of unbranched alkanes of at least 4 members (excludes halogenated alkanes) is 3. The Morgan fingerprint density at radius 2 is 1.74 bits per heavy atom. The molecule has 0 spiro atoms. The molecule has 0 aliphatic carbocycles. The SMILES string of the molecule is O=C(O)CCCCCCC(=O)c1ccc(Cl)cc1F. The van der Waals surface area contributed by atoms with Gasteiger partial charge in [0, 0.05) is 17.9 Å². The van der Waals surface area contributed by atoms with Gasteiger partial charge < -0.3 is 5.11 Å². The molecule has 0 atom stereocenters. The molecule has 1 aromatic carbocycles. The number of Topliss-reactive ketones (excluding diaryl/α,β-unsaturated/α-hetero) is 1. The van der Waals surface area contributed by atoms with Gasteiger partial charge in [-0.15, -0.1) is 0 Å². The lowest BCUT2D eigenvalue weighted by Gasteiger charge is -2.03. The highest BCUT2D eigenvalue weighted by molar-refractivity contribution is 6.30. The van der Waals surface area contributed by atoms with Crippen molar-refractivity contribution >= 4 is 23.4 Å². The molecule has 1 N–H and O–H groups in total. The number of carboxylic acid groups (broad SMARTS) is 1. The van der Waals surface area contributed by atoms with Crippen molar-refractivity contribution in [2.45, 2.75) is 38.5 Å². The van der Waals surface area contributed by atoms with Gasteiger partial charge in [-0.2, -0.15) is 0 Å². The molecule has 5 heteroatoms. The number of carboxylic acids is 1. The lowest BCUT2D eigenvalue weighted by molar-refractivity contribution is -0.137. The predicted octanol–water partition coefficient (Wildman–Crippen LogP) is 4.09. The molecule has 0 saturated carbocycles. The Kier molecular flexibility index (Phi) is 6.50. The third-order valence-corrected chi connectivity index (χ3v) is 3.01. The van der Waals surface area contributed by atoms with Crippen LogP contribution in [0, 0.1) is 5.82 Å². The molecule has 19 heavy (non-hydrogen) atoms. The van der Waals surface area contributed by atoms with Crippen LogP contribution in [-0.4, -0.2) is 16.9 Å². The standard InChI is InChI=1S/C14H16ClFO3/c15-10-7-8-11(12(16)9-10)13(17)5-3-1-2-4-6-14(18)19/h7-9H,1-6H2,(H,18,19). The number of carbonyl (C=O) groups excluding carboxylic acids is 1. The van der Waals surface area contributed by atoms with E-state index in [1.54, 1.807) is 0 Å².